The van der Waals surface area contributed by atoms with Crippen LogP contribution in [-0.4, -0.2) is 36.9 Å². The van der Waals surface area contributed by atoms with Gasteiger partial charge in [0, 0.05) is 22.6 Å². The average Bonchev–Trinajstić information content (AvgIpc) is 2.29. The van der Waals surface area contributed by atoms with Gasteiger partial charge in [0.1, 0.15) is 0 Å². The Morgan fingerprint density at radius 1 is 1.33 bits per heavy atom. The van der Waals surface area contributed by atoms with Crippen molar-refractivity contribution in [2.45, 2.75) is 23.5 Å². The summed E-state index contributed by atoms with van der Waals surface area (Å²) in [6.07, 6.45) is 0.686. The molecule has 1 rings (SSSR count). The van der Waals surface area contributed by atoms with Gasteiger partial charge in [-0.15, -0.1) is 0 Å². The zero-order chi connectivity index (χ0) is 13.6. The maximum atomic E-state index is 12.0. The maximum absolute atomic E-state index is 12.0. The summed E-state index contributed by atoms with van der Waals surface area (Å²) in [4.78, 5) is 0.308. The molecule has 0 bridgehead atoms. The zero-order valence-corrected chi connectivity index (χ0v) is 12.6. The van der Waals surface area contributed by atoms with Crippen LogP contribution >= 0.6 is 23.4 Å². The molecule has 3 nitrogen and oxygen atoms in total. The third-order valence-electron chi connectivity index (χ3n) is 2.46. The number of benzene rings is 1. The zero-order valence-electron chi connectivity index (χ0n) is 10.2. The summed E-state index contributed by atoms with van der Waals surface area (Å²) < 4.78 is 24.0. The molecular weight excluding hydrogens is 292 g/mol. The van der Waals surface area contributed by atoms with Crippen molar-refractivity contribution in [2.24, 2.45) is 0 Å². The van der Waals surface area contributed by atoms with Gasteiger partial charge >= 0.3 is 0 Å². The number of rotatable bonds is 7. The summed E-state index contributed by atoms with van der Waals surface area (Å²) >= 11 is 7.28. The Kier molecular flexibility index (Phi) is 6.49. The van der Waals surface area contributed by atoms with Gasteiger partial charge in [-0.05, 0) is 30.7 Å². The van der Waals surface area contributed by atoms with E-state index in [9.17, 15) is 8.42 Å². The number of hydrogen-bond donors (Lipinski definition) is 1. The number of halogens is 1. The molecule has 0 saturated heterocycles. The summed E-state index contributed by atoms with van der Waals surface area (Å²) in [5.41, 5.74) is 0. The van der Waals surface area contributed by atoms with Crippen molar-refractivity contribution in [3.05, 3.63) is 29.3 Å². The van der Waals surface area contributed by atoms with Crippen LogP contribution in [0.15, 0.2) is 29.2 Å². The third-order valence-corrected chi connectivity index (χ3v) is 5.95. The van der Waals surface area contributed by atoms with E-state index in [0.29, 0.717) is 22.1 Å². The molecule has 102 valence electrons. The van der Waals surface area contributed by atoms with Crippen molar-refractivity contribution < 1.29 is 13.5 Å². The number of aliphatic hydroxyl groups is 1. The Labute approximate surface area is 117 Å². The highest BCUT2D eigenvalue weighted by Gasteiger charge is 2.14. The molecule has 1 aromatic rings. The molecule has 6 heteroatoms. The second kappa shape index (κ2) is 7.38. The molecular formula is C12H17ClO3S2. The molecule has 0 aromatic heterocycles. The molecule has 0 heterocycles. The first-order valence-corrected chi connectivity index (χ1v) is 8.74. The topological polar surface area (TPSA) is 54.4 Å². The van der Waals surface area contributed by atoms with Crippen LogP contribution in [0, 0.1) is 0 Å². The molecule has 0 aliphatic rings. The van der Waals surface area contributed by atoms with E-state index in [1.54, 1.807) is 23.9 Å². The highest BCUT2D eigenvalue weighted by molar-refractivity contribution is 8.01. The van der Waals surface area contributed by atoms with Crippen LogP contribution in [0.4, 0.5) is 0 Å². The minimum absolute atomic E-state index is 0.106. The van der Waals surface area contributed by atoms with E-state index in [1.165, 1.54) is 12.1 Å². The second-order valence-corrected chi connectivity index (χ2v) is 8.06. The molecule has 1 atom stereocenters. The van der Waals surface area contributed by atoms with Gasteiger partial charge in [-0.2, -0.15) is 11.8 Å². The van der Waals surface area contributed by atoms with Gasteiger partial charge in [-0.1, -0.05) is 18.5 Å². The van der Waals surface area contributed by atoms with Gasteiger partial charge in [0.15, 0.2) is 9.84 Å². The predicted octanol–water partition coefficient (Wildman–Crippen LogP) is 2.62. The Morgan fingerprint density at radius 3 is 2.50 bits per heavy atom. The molecule has 0 radical (unpaired) electrons. The minimum Gasteiger partial charge on any atom is -0.396 e. The van der Waals surface area contributed by atoms with E-state index in [1.807, 2.05) is 6.92 Å². The summed E-state index contributed by atoms with van der Waals surface area (Å²) in [6.45, 7) is 2.12. The molecule has 1 N–H and O–H groups in total. The highest BCUT2D eigenvalue weighted by atomic mass is 35.5. The lowest BCUT2D eigenvalue weighted by atomic mass is 10.3. The van der Waals surface area contributed by atoms with Crippen LogP contribution in [-0.2, 0) is 9.84 Å². The average molecular weight is 309 g/mol. The van der Waals surface area contributed by atoms with Crippen LogP contribution in [0.2, 0.25) is 5.02 Å². The van der Waals surface area contributed by atoms with E-state index in [0.717, 1.165) is 0 Å². The molecule has 0 aliphatic carbocycles. The van der Waals surface area contributed by atoms with Crippen molar-refractivity contribution in [2.75, 3.05) is 18.1 Å². The van der Waals surface area contributed by atoms with Gasteiger partial charge in [0.2, 0.25) is 0 Å². The molecule has 18 heavy (non-hydrogen) atoms. The first-order valence-electron chi connectivity index (χ1n) is 5.66. The van der Waals surface area contributed by atoms with Crippen LogP contribution in [0.25, 0.3) is 0 Å². The Morgan fingerprint density at radius 2 is 1.94 bits per heavy atom. The number of aliphatic hydroxyl groups excluding tert-OH is 1. The largest absolute Gasteiger partial charge is 0.396 e. The highest BCUT2D eigenvalue weighted by Crippen LogP contribution is 2.18. The summed E-state index contributed by atoms with van der Waals surface area (Å²) in [6, 6.07) is 6.21. The standard InChI is InChI=1S/C12H17ClO3S2/c1-10(6-7-14)17-8-9-18(15,16)12-4-2-11(13)3-5-12/h2-5,10,14H,6-9H2,1H3. The van der Waals surface area contributed by atoms with E-state index in [4.69, 9.17) is 16.7 Å². The van der Waals surface area contributed by atoms with Crippen molar-refractivity contribution in [1.29, 1.82) is 0 Å². The van der Waals surface area contributed by atoms with Crippen LogP contribution in [0.3, 0.4) is 0 Å². The molecule has 0 fully saturated rings. The van der Waals surface area contributed by atoms with Gasteiger partial charge in [0.25, 0.3) is 0 Å². The monoisotopic (exact) mass is 308 g/mol. The summed E-state index contributed by atoms with van der Waals surface area (Å²) in [7, 11) is -3.23. The fourth-order valence-corrected chi connectivity index (χ4v) is 4.23. The van der Waals surface area contributed by atoms with Gasteiger partial charge < -0.3 is 5.11 Å². The number of hydrogen-bond acceptors (Lipinski definition) is 4. The fourth-order valence-electron chi connectivity index (χ4n) is 1.38. The first-order chi connectivity index (χ1) is 8.45. The second-order valence-electron chi connectivity index (χ2n) is 3.97. The van der Waals surface area contributed by atoms with E-state index >= 15 is 0 Å². The molecule has 0 amide bonds. The molecule has 0 spiro atoms. The van der Waals surface area contributed by atoms with Crippen LogP contribution in [0.1, 0.15) is 13.3 Å². The smallest absolute Gasteiger partial charge is 0.179 e. The van der Waals surface area contributed by atoms with Gasteiger partial charge in [-0.25, -0.2) is 8.42 Å². The van der Waals surface area contributed by atoms with E-state index < -0.39 is 9.84 Å². The SMILES string of the molecule is CC(CCO)SCCS(=O)(=O)c1ccc(Cl)cc1. The molecule has 1 aromatic carbocycles. The third kappa shape index (κ3) is 5.18. The first kappa shape index (κ1) is 15.8. The van der Waals surface area contributed by atoms with E-state index in [2.05, 4.69) is 0 Å². The predicted molar refractivity (Wildman–Crippen MR) is 77.1 cm³/mol. The lowest BCUT2D eigenvalue weighted by molar-refractivity contribution is 0.289. The van der Waals surface area contributed by atoms with Gasteiger partial charge in [-0.3, -0.25) is 0 Å². The lowest BCUT2D eigenvalue weighted by Gasteiger charge is -2.09. The normalized spacial score (nSPS) is 13.5. The minimum atomic E-state index is -3.23. The Balaban J connectivity index is 2.52. The van der Waals surface area contributed by atoms with Crippen molar-refractivity contribution in [1.82, 2.24) is 0 Å². The molecule has 0 aliphatic heterocycles. The summed E-state index contributed by atoms with van der Waals surface area (Å²) in [5, 5.41) is 9.56. The Bertz CT molecular complexity index is 457. The van der Waals surface area contributed by atoms with Crippen LogP contribution < -0.4 is 0 Å². The quantitative estimate of drug-likeness (QED) is 0.841. The van der Waals surface area contributed by atoms with Crippen LogP contribution in [0.5, 0.6) is 0 Å². The van der Waals surface area contributed by atoms with Crippen molar-refractivity contribution in [3.8, 4) is 0 Å². The maximum Gasteiger partial charge on any atom is 0.179 e. The van der Waals surface area contributed by atoms with Crippen molar-refractivity contribution >= 4 is 33.2 Å². The number of sulfone groups is 1. The molecule has 1 unspecified atom stereocenters. The van der Waals surface area contributed by atoms with E-state index in [-0.39, 0.29) is 17.6 Å². The lowest BCUT2D eigenvalue weighted by Crippen LogP contribution is -2.11. The molecule has 0 saturated carbocycles. The van der Waals surface area contributed by atoms with Gasteiger partial charge in [0.05, 0.1) is 10.6 Å². The number of thioether (sulfide) groups is 1. The Hall–Kier alpha value is -0.230. The summed E-state index contributed by atoms with van der Waals surface area (Å²) in [5.74, 6) is 0.640. The fraction of sp³-hybridized carbons (Fsp3) is 0.500. The van der Waals surface area contributed by atoms with Crippen molar-refractivity contribution in [3.63, 3.8) is 0 Å².